The molecule has 3 unspecified atom stereocenters. The van der Waals surface area contributed by atoms with E-state index < -0.39 is 22.4 Å². The van der Waals surface area contributed by atoms with Gasteiger partial charge in [0.05, 0.1) is 35.2 Å². The van der Waals surface area contributed by atoms with Gasteiger partial charge in [-0.1, -0.05) is 48.0 Å². The first kappa shape index (κ1) is 23.6. The highest BCUT2D eigenvalue weighted by Gasteiger charge is 2.58. The number of benzene rings is 2. The fourth-order valence-corrected chi connectivity index (χ4v) is 6.46. The number of likely N-dealkylation sites (tertiary alicyclic amines) is 1. The third-order valence-electron chi connectivity index (χ3n) is 6.59. The van der Waals surface area contributed by atoms with E-state index in [-0.39, 0.29) is 17.6 Å². The first-order valence-electron chi connectivity index (χ1n) is 11.5. The fourth-order valence-electron chi connectivity index (χ4n) is 5.00. The lowest BCUT2D eigenvalue weighted by Gasteiger charge is -2.31. The van der Waals surface area contributed by atoms with Gasteiger partial charge in [0, 0.05) is 41.7 Å². The van der Waals surface area contributed by atoms with Crippen molar-refractivity contribution in [2.45, 2.75) is 62.4 Å². The topological polar surface area (TPSA) is 61.8 Å². The molecule has 2 fully saturated rings. The number of aliphatic hydroxyl groups excluding tert-OH is 1. The first-order chi connectivity index (χ1) is 15.2. The van der Waals surface area contributed by atoms with E-state index in [9.17, 15) is 9.32 Å². The third kappa shape index (κ3) is 5.32. The van der Waals surface area contributed by atoms with Crippen LogP contribution in [0.4, 0.5) is 0 Å². The molecule has 4 rings (SSSR count). The van der Waals surface area contributed by atoms with Crippen LogP contribution in [0.2, 0.25) is 0 Å². The Labute approximate surface area is 194 Å². The number of aliphatic hydroxyl groups is 1. The lowest BCUT2D eigenvalue weighted by Crippen LogP contribution is -2.53. The first-order valence-corrected chi connectivity index (χ1v) is 12.8. The largest absolute Gasteiger partial charge is 0.391 e. The second-order valence-corrected chi connectivity index (χ2v) is 11.8. The van der Waals surface area contributed by atoms with E-state index in [4.69, 9.17) is 4.74 Å². The number of fused-ring (bicyclic) bond motifs is 1. The van der Waals surface area contributed by atoms with Crippen molar-refractivity contribution in [2.75, 3.05) is 25.4 Å². The summed E-state index contributed by atoms with van der Waals surface area (Å²) < 4.78 is 19.4. The number of rotatable bonds is 7. The summed E-state index contributed by atoms with van der Waals surface area (Å²) in [5, 5.41) is 15.0. The maximum atomic E-state index is 13.4. The van der Waals surface area contributed by atoms with Gasteiger partial charge in [0.15, 0.2) is 0 Å². The van der Waals surface area contributed by atoms with Crippen molar-refractivity contribution in [3.63, 3.8) is 0 Å². The van der Waals surface area contributed by atoms with Crippen molar-refractivity contribution in [1.82, 2.24) is 10.2 Å². The highest BCUT2D eigenvalue weighted by Crippen LogP contribution is 2.40. The van der Waals surface area contributed by atoms with E-state index >= 15 is 0 Å². The number of aryl methyl sites for hydroxylation is 1. The molecule has 0 amide bonds. The zero-order valence-electron chi connectivity index (χ0n) is 19.6. The SMILES string of the molecule is Cc1ccc([S@@](=O)CC23CN(Cc4ccccc4)CC2[C@@H](O)C(COC(C)(C)C)N3)cc1. The molecule has 0 aromatic heterocycles. The number of nitrogens with one attached hydrogen (secondary N) is 1. The van der Waals surface area contributed by atoms with Crippen LogP contribution in [0.1, 0.15) is 31.9 Å². The molecule has 2 saturated heterocycles. The monoisotopic (exact) mass is 456 g/mol. The Morgan fingerprint density at radius 1 is 1.16 bits per heavy atom. The van der Waals surface area contributed by atoms with Gasteiger partial charge < -0.3 is 15.2 Å². The zero-order chi connectivity index (χ0) is 22.9. The Balaban J connectivity index is 1.54. The smallest absolute Gasteiger partial charge is 0.0774 e. The Kier molecular flexibility index (Phi) is 6.89. The second-order valence-electron chi connectivity index (χ2n) is 10.4. The van der Waals surface area contributed by atoms with Crippen LogP contribution in [0.5, 0.6) is 0 Å². The molecule has 174 valence electrons. The molecular weight excluding hydrogens is 420 g/mol. The lowest BCUT2D eigenvalue weighted by molar-refractivity contribution is -0.0316. The van der Waals surface area contributed by atoms with E-state index in [0.29, 0.717) is 12.4 Å². The van der Waals surface area contributed by atoms with Crippen LogP contribution in [0.25, 0.3) is 0 Å². The molecular formula is C26H36N2O3S. The molecule has 2 aromatic rings. The van der Waals surface area contributed by atoms with E-state index in [2.05, 4.69) is 34.5 Å². The van der Waals surface area contributed by atoms with Gasteiger partial charge in [-0.3, -0.25) is 9.11 Å². The van der Waals surface area contributed by atoms with Gasteiger partial charge in [-0.05, 0) is 45.4 Å². The number of nitrogens with zero attached hydrogens (tertiary/aromatic N) is 1. The molecule has 0 bridgehead atoms. The predicted octanol–water partition coefficient (Wildman–Crippen LogP) is 3.12. The minimum absolute atomic E-state index is 0.00850. The molecule has 2 aromatic carbocycles. The molecule has 2 heterocycles. The highest BCUT2D eigenvalue weighted by atomic mass is 32.2. The second kappa shape index (κ2) is 9.35. The fraction of sp³-hybridized carbons (Fsp3) is 0.538. The van der Waals surface area contributed by atoms with Gasteiger partial charge in [0.2, 0.25) is 0 Å². The minimum atomic E-state index is -1.15. The summed E-state index contributed by atoms with van der Waals surface area (Å²) in [6, 6.07) is 18.2. The predicted molar refractivity (Wildman–Crippen MR) is 129 cm³/mol. The summed E-state index contributed by atoms with van der Waals surface area (Å²) in [7, 11) is -1.15. The average molecular weight is 457 g/mol. The van der Waals surface area contributed by atoms with Crippen LogP contribution in [0, 0.1) is 12.8 Å². The van der Waals surface area contributed by atoms with E-state index in [0.717, 1.165) is 30.1 Å². The van der Waals surface area contributed by atoms with Crippen molar-refractivity contribution in [3.8, 4) is 0 Å². The molecule has 2 aliphatic heterocycles. The summed E-state index contributed by atoms with van der Waals surface area (Å²) in [5.41, 5.74) is 1.74. The van der Waals surface area contributed by atoms with Crippen LogP contribution in [0.3, 0.4) is 0 Å². The Bertz CT molecular complexity index is 928. The average Bonchev–Trinajstić information content (AvgIpc) is 3.20. The summed E-state index contributed by atoms with van der Waals surface area (Å²) in [6.07, 6.45) is -0.534. The molecule has 0 radical (unpaired) electrons. The number of hydrogen-bond acceptors (Lipinski definition) is 5. The molecule has 0 aliphatic carbocycles. The zero-order valence-corrected chi connectivity index (χ0v) is 20.4. The molecule has 6 heteroatoms. The lowest BCUT2D eigenvalue weighted by atomic mass is 9.88. The van der Waals surface area contributed by atoms with Crippen LogP contribution in [-0.2, 0) is 22.1 Å². The van der Waals surface area contributed by atoms with Gasteiger partial charge in [-0.25, -0.2) is 0 Å². The maximum Gasteiger partial charge on any atom is 0.0774 e. The van der Waals surface area contributed by atoms with Crippen molar-refractivity contribution >= 4 is 10.8 Å². The summed E-state index contributed by atoms with van der Waals surface area (Å²) in [6.45, 7) is 10.9. The normalized spacial score (nSPS) is 29.2. The van der Waals surface area contributed by atoms with Crippen LogP contribution in [-0.4, -0.2) is 63.0 Å². The Morgan fingerprint density at radius 2 is 1.84 bits per heavy atom. The molecule has 0 saturated carbocycles. The van der Waals surface area contributed by atoms with Gasteiger partial charge in [-0.15, -0.1) is 0 Å². The van der Waals surface area contributed by atoms with Gasteiger partial charge in [0.25, 0.3) is 0 Å². The van der Waals surface area contributed by atoms with Crippen molar-refractivity contribution < 1.29 is 14.1 Å². The van der Waals surface area contributed by atoms with Gasteiger partial charge in [-0.2, -0.15) is 0 Å². The van der Waals surface area contributed by atoms with Crippen LogP contribution < -0.4 is 5.32 Å². The van der Waals surface area contributed by atoms with Crippen molar-refractivity contribution in [3.05, 3.63) is 65.7 Å². The maximum absolute atomic E-state index is 13.4. The summed E-state index contributed by atoms with van der Waals surface area (Å²) in [4.78, 5) is 3.22. The van der Waals surface area contributed by atoms with Gasteiger partial charge in [0.1, 0.15) is 0 Å². The van der Waals surface area contributed by atoms with E-state index in [1.165, 1.54) is 5.56 Å². The minimum Gasteiger partial charge on any atom is -0.391 e. The third-order valence-corrected chi connectivity index (χ3v) is 8.16. The van der Waals surface area contributed by atoms with E-state index in [1.807, 2.05) is 58.0 Å². The molecule has 2 N–H and O–H groups in total. The standard InChI is InChI=1S/C26H36N2O3S/c1-19-10-12-21(13-11-19)32(30)18-26-17-28(14-20-8-6-5-7-9-20)15-22(26)24(29)23(27-26)16-31-25(2,3)4/h5-13,22-24,27,29H,14-18H2,1-4H3/t22?,23?,24-,26?,32+/m1/s1. The highest BCUT2D eigenvalue weighted by molar-refractivity contribution is 7.85. The number of hydrogen-bond donors (Lipinski definition) is 2. The van der Waals surface area contributed by atoms with Crippen LogP contribution in [0.15, 0.2) is 59.5 Å². The van der Waals surface area contributed by atoms with Crippen molar-refractivity contribution in [1.29, 1.82) is 0 Å². The van der Waals surface area contributed by atoms with E-state index in [1.54, 1.807) is 0 Å². The molecule has 5 atom stereocenters. The Hall–Kier alpha value is -1.57. The molecule has 0 spiro atoms. The molecule has 32 heavy (non-hydrogen) atoms. The number of ether oxygens (including phenoxy) is 1. The molecule has 2 aliphatic rings. The molecule has 5 nitrogen and oxygen atoms in total. The summed E-state index contributed by atoms with van der Waals surface area (Å²) in [5.74, 6) is 0.490. The van der Waals surface area contributed by atoms with Crippen LogP contribution >= 0.6 is 0 Å². The summed E-state index contributed by atoms with van der Waals surface area (Å²) >= 11 is 0. The van der Waals surface area contributed by atoms with Gasteiger partial charge >= 0.3 is 0 Å². The quantitative estimate of drug-likeness (QED) is 0.670. The Morgan fingerprint density at radius 3 is 2.50 bits per heavy atom. The van der Waals surface area contributed by atoms with Crippen molar-refractivity contribution in [2.24, 2.45) is 5.92 Å².